The molecule has 0 saturated carbocycles. The minimum absolute atomic E-state index is 0.237. The molecule has 9 heteroatoms. The van der Waals surface area contributed by atoms with Crippen molar-refractivity contribution in [3.8, 4) is 45.5 Å². The Morgan fingerprint density at radius 1 is 0.833 bits per heavy atom. The van der Waals surface area contributed by atoms with E-state index in [2.05, 4.69) is 5.32 Å². The van der Waals surface area contributed by atoms with Crippen molar-refractivity contribution in [1.82, 2.24) is 9.78 Å². The van der Waals surface area contributed by atoms with Crippen molar-refractivity contribution in [2.24, 2.45) is 0 Å². The first-order valence-electron chi connectivity index (χ1n) is 13.1. The van der Waals surface area contributed by atoms with Crippen LogP contribution in [-0.4, -0.2) is 35.9 Å². The molecule has 0 saturated heterocycles. The fraction of sp³-hybridized carbons (Fsp3) is 0.121. The molecule has 0 radical (unpaired) electrons. The van der Waals surface area contributed by atoms with Crippen LogP contribution in [0.2, 0.25) is 0 Å². The second kappa shape index (κ2) is 12.0. The van der Waals surface area contributed by atoms with Crippen LogP contribution < -0.4 is 19.5 Å². The van der Waals surface area contributed by atoms with Gasteiger partial charge in [0.15, 0.2) is 11.5 Å². The number of carbonyl (C=O) groups is 2. The summed E-state index contributed by atoms with van der Waals surface area (Å²) < 4.78 is 31.6. The minimum Gasteiger partial charge on any atom is -0.493 e. The van der Waals surface area contributed by atoms with Crippen LogP contribution in [-0.2, 0) is 4.79 Å². The van der Waals surface area contributed by atoms with Gasteiger partial charge in [0.25, 0.3) is 5.91 Å². The molecule has 42 heavy (non-hydrogen) atoms. The molecule has 0 aliphatic carbocycles. The zero-order chi connectivity index (χ0) is 29.8. The van der Waals surface area contributed by atoms with Gasteiger partial charge in [0.05, 0.1) is 25.5 Å². The topological polar surface area (TPSA) is 91.7 Å². The second-order valence-electron chi connectivity index (χ2n) is 9.48. The number of methoxy groups -OCH3 is 2. The lowest BCUT2D eigenvalue weighted by Crippen LogP contribution is -2.11. The van der Waals surface area contributed by atoms with Crippen molar-refractivity contribution in [1.29, 1.82) is 0 Å². The fourth-order valence-electron chi connectivity index (χ4n) is 4.54. The highest BCUT2D eigenvalue weighted by molar-refractivity contribution is 6.04. The molecular formula is C33H28FN3O5. The Hall–Kier alpha value is -5.44. The number of amides is 1. The number of rotatable bonds is 8. The third-order valence-corrected chi connectivity index (χ3v) is 6.52. The Labute approximate surface area is 242 Å². The number of carbonyl (C=O) groups excluding carboxylic acids is 2. The quantitative estimate of drug-likeness (QED) is 0.207. The molecule has 0 fully saturated rings. The van der Waals surface area contributed by atoms with Crippen molar-refractivity contribution in [2.75, 3.05) is 19.5 Å². The van der Waals surface area contributed by atoms with Crippen LogP contribution in [0.3, 0.4) is 0 Å². The summed E-state index contributed by atoms with van der Waals surface area (Å²) in [5.41, 5.74) is 5.07. The van der Waals surface area contributed by atoms with Gasteiger partial charge in [0, 0.05) is 23.7 Å². The molecule has 0 unspecified atom stereocenters. The summed E-state index contributed by atoms with van der Waals surface area (Å²) >= 11 is 0. The Morgan fingerprint density at radius 2 is 1.52 bits per heavy atom. The van der Waals surface area contributed by atoms with E-state index in [0.717, 1.165) is 5.56 Å². The molecule has 0 aliphatic rings. The van der Waals surface area contributed by atoms with E-state index in [1.165, 1.54) is 31.2 Å². The Kier molecular flexibility index (Phi) is 8.01. The van der Waals surface area contributed by atoms with Crippen molar-refractivity contribution < 1.29 is 28.2 Å². The van der Waals surface area contributed by atoms with Gasteiger partial charge in [-0.25, -0.2) is 4.39 Å². The summed E-state index contributed by atoms with van der Waals surface area (Å²) in [6.07, 6.45) is 0. The van der Waals surface area contributed by atoms with Crippen LogP contribution in [0.5, 0.6) is 17.4 Å². The van der Waals surface area contributed by atoms with E-state index in [9.17, 15) is 14.0 Å². The molecule has 0 bridgehead atoms. The Bertz CT molecular complexity index is 1760. The standard InChI is InChI=1S/C33H28FN3O5/c1-20-6-5-7-27(18-20)37-33(42-21(2)38)30(31(36-37)24-12-17-28(40-3)29(19-24)41-4)22-10-15-26(16-11-22)35-32(39)23-8-13-25(34)14-9-23/h5-19H,1-4H3,(H,35,39). The van der Waals surface area contributed by atoms with Gasteiger partial charge in [-0.15, -0.1) is 0 Å². The van der Waals surface area contributed by atoms with Gasteiger partial charge in [-0.05, 0) is 84.8 Å². The lowest BCUT2D eigenvalue weighted by molar-refractivity contribution is -0.132. The van der Waals surface area contributed by atoms with E-state index < -0.39 is 11.8 Å². The molecule has 1 aromatic heterocycles. The first-order valence-corrected chi connectivity index (χ1v) is 13.1. The van der Waals surface area contributed by atoms with Crippen molar-refractivity contribution in [3.05, 3.63) is 108 Å². The molecular weight excluding hydrogens is 537 g/mol. The lowest BCUT2D eigenvalue weighted by atomic mass is 10.0. The minimum atomic E-state index is -0.507. The fourth-order valence-corrected chi connectivity index (χ4v) is 4.54. The molecule has 1 amide bonds. The number of esters is 1. The third-order valence-electron chi connectivity index (χ3n) is 6.52. The average molecular weight is 566 g/mol. The van der Waals surface area contributed by atoms with Crippen molar-refractivity contribution in [2.45, 2.75) is 13.8 Å². The van der Waals surface area contributed by atoms with Gasteiger partial charge in [-0.3, -0.25) is 9.59 Å². The molecule has 1 N–H and O–H groups in total. The predicted octanol–water partition coefficient (Wildman–Crippen LogP) is 6.85. The van der Waals surface area contributed by atoms with Crippen LogP contribution in [0.15, 0.2) is 91.0 Å². The summed E-state index contributed by atoms with van der Waals surface area (Å²) in [6.45, 7) is 3.30. The SMILES string of the molecule is COc1ccc(-c2nn(-c3cccc(C)c3)c(OC(C)=O)c2-c2ccc(NC(=O)c3ccc(F)cc3)cc2)cc1OC. The number of benzene rings is 4. The molecule has 212 valence electrons. The number of anilines is 1. The van der Waals surface area contributed by atoms with Crippen LogP contribution in [0, 0.1) is 12.7 Å². The first-order chi connectivity index (χ1) is 20.3. The van der Waals surface area contributed by atoms with Gasteiger partial charge in [0.1, 0.15) is 11.5 Å². The normalized spacial score (nSPS) is 10.7. The number of halogens is 1. The van der Waals surface area contributed by atoms with Crippen molar-refractivity contribution >= 4 is 17.6 Å². The summed E-state index contributed by atoms with van der Waals surface area (Å²) in [6, 6.07) is 25.5. The van der Waals surface area contributed by atoms with E-state index >= 15 is 0 Å². The van der Waals surface area contributed by atoms with Gasteiger partial charge in [-0.2, -0.15) is 9.78 Å². The number of aryl methyl sites for hydroxylation is 1. The molecule has 0 aliphatic heterocycles. The molecule has 0 atom stereocenters. The summed E-state index contributed by atoms with van der Waals surface area (Å²) in [4.78, 5) is 25.0. The summed E-state index contributed by atoms with van der Waals surface area (Å²) in [5, 5.41) is 7.73. The lowest BCUT2D eigenvalue weighted by Gasteiger charge is -2.11. The van der Waals surface area contributed by atoms with Crippen LogP contribution in [0.25, 0.3) is 28.1 Å². The highest BCUT2D eigenvalue weighted by atomic mass is 19.1. The highest BCUT2D eigenvalue weighted by Gasteiger charge is 2.25. The Balaban J connectivity index is 1.64. The van der Waals surface area contributed by atoms with Gasteiger partial charge in [0.2, 0.25) is 5.88 Å². The molecule has 4 aromatic carbocycles. The maximum atomic E-state index is 13.3. The number of ether oxygens (including phenoxy) is 3. The van der Waals surface area contributed by atoms with E-state index in [1.807, 2.05) is 37.3 Å². The number of hydrogen-bond donors (Lipinski definition) is 1. The highest BCUT2D eigenvalue weighted by Crippen LogP contribution is 2.43. The van der Waals surface area contributed by atoms with Gasteiger partial charge >= 0.3 is 5.97 Å². The maximum absolute atomic E-state index is 13.3. The van der Waals surface area contributed by atoms with Gasteiger partial charge in [-0.1, -0.05) is 24.3 Å². The Morgan fingerprint density at radius 3 is 2.17 bits per heavy atom. The number of aromatic nitrogens is 2. The molecule has 5 aromatic rings. The van der Waals surface area contributed by atoms with Crippen LogP contribution in [0.4, 0.5) is 10.1 Å². The molecule has 0 spiro atoms. The number of hydrogen-bond acceptors (Lipinski definition) is 6. The maximum Gasteiger partial charge on any atom is 0.309 e. The molecule has 8 nitrogen and oxygen atoms in total. The largest absolute Gasteiger partial charge is 0.493 e. The monoisotopic (exact) mass is 565 g/mol. The van der Waals surface area contributed by atoms with Gasteiger partial charge < -0.3 is 19.5 Å². The number of nitrogens with one attached hydrogen (secondary N) is 1. The summed E-state index contributed by atoms with van der Waals surface area (Å²) in [7, 11) is 3.11. The third kappa shape index (κ3) is 5.85. The summed E-state index contributed by atoms with van der Waals surface area (Å²) in [5.74, 6) is 0.00650. The van der Waals surface area contributed by atoms with E-state index in [1.54, 1.807) is 55.3 Å². The second-order valence-corrected chi connectivity index (χ2v) is 9.48. The molecule has 1 heterocycles. The zero-order valence-electron chi connectivity index (χ0n) is 23.5. The molecule has 5 rings (SSSR count). The number of nitrogens with zero attached hydrogens (tertiary/aromatic N) is 2. The van der Waals surface area contributed by atoms with Crippen LogP contribution in [0.1, 0.15) is 22.8 Å². The first kappa shape index (κ1) is 28.1. The van der Waals surface area contributed by atoms with E-state index in [4.69, 9.17) is 19.3 Å². The van der Waals surface area contributed by atoms with Crippen LogP contribution >= 0.6 is 0 Å². The van der Waals surface area contributed by atoms with E-state index in [-0.39, 0.29) is 11.8 Å². The smallest absolute Gasteiger partial charge is 0.309 e. The predicted molar refractivity (Wildman–Crippen MR) is 158 cm³/mol. The van der Waals surface area contributed by atoms with E-state index in [0.29, 0.717) is 50.8 Å². The van der Waals surface area contributed by atoms with Crippen molar-refractivity contribution in [3.63, 3.8) is 0 Å². The zero-order valence-corrected chi connectivity index (χ0v) is 23.5. The average Bonchev–Trinajstić information content (AvgIpc) is 3.35.